The lowest BCUT2D eigenvalue weighted by Crippen LogP contribution is -2.12. The molecule has 0 aromatic heterocycles. The summed E-state index contributed by atoms with van der Waals surface area (Å²) in [5.74, 6) is 0. The summed E-state index contributed by atoms with van der Waals surface area (Å²) in [6.07, 6.45) is 5.20. The molecule has 2 aromatic rings. The predicted molar refractivity (Wildman–Crippen MR) is 91.6 cm³/mol. The van der Waals surface area contributed by atoms with Crippen LogP contribution in [-0.4, -0.2) is 15.0 Å². The van der Waals surface area contributed by atoms with E-state index in [9.17, 15) is 8.42 Å². The molecule has 0 amide bonds. The van der Waals surface area contributed by atoms with Crippen LogP contribution in [0.1, 0.15) is 31.2 Å². The Morgan fingerprint density at radius 1 is 0.955 bits per heavy atom. The van der Waals surface area contributed by atoms with Gasteiger partial charge in [0.1, 0.15) is 0 Å². The van der Waals surface area contributed by atoms with Gasteiger partial charge in [0.25, 0.3) is 0 Å². The van der Waals surface area contributed by atoms with Gasteiger partial charge in [-0.05, 0) is 37.4 Å². The Morgan fingerprint density at radius 3 is 2.36 bits per heavy atom. The van der Waals surface area contributed by atoms with E-state index in [-0.39, 0.29) is 4.90 Å². The molecule has 0 heterocycles. The molecule has 0 spiro atoms. The molecule has 22 heavy (non-hydrogen) atoms. The topological polar surface area (TPSA) is 86.2 Å². The lowest BCUT2D eigenvalue weighted by Gasteiger charge is -2.10. The molecule has 6 heteroatoms. The van der Waals surface area contributed by atoms with Gasteiger partial charge in [-0.2, -0.15) is 0 Å². The first kappa shape index (κ1) is 17.2. The smallest absolute Gasteiger partial charge is 0.238 e. The average Bonchev–Trinajstić information content (AvgIpc) is 2.48. The molecule has 0 aliphatic rings. The standard InChI is InChI=1S/C16H21ClN2O2S/c17-16-12(6-3-1-2-4-11-18)9-10-13-14(16)7-5-8-15(13)22(19,20)21/h5,7-10H,1-4,6,11,18H2,(H2,19,20,21). The second-order valence-corrected chi connectivity index (χ2v) is 7.30. The molecule has 0 fully saturated rings. The zero-order valence-electron chi connectivity index (χ0n) is 12.4. The van der Waals surface area contributed by atoms with Crippen molar-refractivity contribution < 1.29 is 8.42 Å². The maximum Gasteiger partial charge on any atom is 0.238 e. The van der Waals surface area contributed by atoms with Gasteiger partial charge in [-0.15, -0.1) is 0 Å². The van der Waals surface area contributed by atoms with Gasteiger partial charge >= 0.3 is 0 Å². The van der Waals surface area contributed by atoms with Crippen LogP contribution in [0.2, 0.25) is 5.02 Å². The molecular formula is C16H21ClN2O2S. The maximum absolute atomic E-state index is 11.6. The minimum absolute atomic E-state index is 0.112. The lowest BCUT2D eigenvalue weighted by molar-refractivity contribution is 0.598. The van der Waals surface area contributed by atoms with E-state index in [1.165, 1.54) is 6.07 Å². The van der Waals surface area contributed by atoms with Gasteiger partial charge in [-0.3, -0.25) is 0 Å². The van der Waals surface area contributed by atoms with Gasteiger partial charge in [0.15, 0.2) is 0 Å². The third kappa shape index (κ3) is 3.98. The number of sulfonamides is 1. The van der Waals surface area contributed by atoms with Crippen LogP contribution < -0.4 is 10.9 Å². The molecule has 4 nitrogen and oxygen atoms in total. The highest BCUT2D eigenvalue weighted by molar-refractivity contribution is 7.89. The molecule has 4 N–H and O–H groups in total. The van der Waals surface area contributed by atoms with Crippen molar-refractivity contribution in [2.45, 2.75) is 37.0 Å². The SMILES string of the molecule is NCCCCCCc1ccc2c(S(N)(=O)=O)cccc2c1Cl. The predicted octanol–water partition coefficient (Wildman–Crippen LogP) is 3.20. The number of benzene rings is 2. The summed E-state index contributed by atoms with van der Waals surface area (Å²) in [6.45, 7) is 0.729. The van der Waals surface area contributed by atoms with E-state index in [2.05, 4.69) is 0 Å². The van der Waals surface area contributed by atoms with Crippen molar-refractivity contribution in [3.05, 3.63) is 40.9 Å². The van der Waals surface area contributed by atoms with Crippen molar-refractivity contribution in [3.8, 4) is 0 Å². The molecule has 0 unspecified atom stereocenters. The van der Waals surface area contributed by atoms with Crippen LogP contribution in [0.25, 0.3) is 10.8 Å². The first-order valence-electron chi connectivity index (χ1n) is 7.38. The van der Waals surface area contributed by atoms with Crippen molar-refractivity contribution in [2.75, 3.05) is 6.54 Å². The van der Waals surface area contributed by atoms with E-state index < -0.39 is 10.0 Å². The quantitative estimate of drug-likeness (QED) is 0.759. The lowest BCUT2D eigenvalue weighted by atomic mass is 10.0. The van der Waals surface area contributed by atoms with E-state index in [0.29, 0.717) is 10.4 Å². The van der Waals surface area contributed by atoms with Crippen molar-refractivity contribution in [3.63, 3.8) is 0 Å². The molecule has 0 atom stereocenters. The monoisotopic (exact) mass is 340 g/mol. The molecular weight excluding hydrogens is 320 g/mol. The van der Waals surface area contributed by atoms with Crippen molar-refractivity contribution in [1.82, 2.24) is 0 Å². The highest BCUT2D eigenvalue weighted by atomic mass is 35.5. The first-order chi connectivity index (χ1) is 10.4. The summed E-state index contributed by atoms with van der Waals surface area (Å²) in [7, 11) is -3.76. The first-order valence-corrected chi connectivity index (χ1v) is 9.30. The average molecular weight is 341 g/mol. The number of aryl methyl sites for hydroxylation is 1. The summed E-state index contributed by atoms with van der Waals surface area (Å²) < 4.78 is 23.3. The van der Waals surface area contributed by atoms with Crippen LogP contribution >= 0.6 is 11.6 Å². The normalized spacial score (nSPS) is 12.0. The van der Waals surface area contributed by atoms with Crippen LogP contribution in [0, 0.1) is 0 Å². The Balaban J connectivity index is 2.27. The molecule has 2 rings (SSSR count). The minimum Gasteiger partial charge on any atom is -0.330 e. The molecule has 2 aromatic carbocycles. The van der Waals surface area contributed by atoms with E-state index in [1.54, 1.807) is 12.1 Å². The number of primary sulfonamides is 1. The Bertz CT molecular complexity index is 760. The van der Waals surface area contributed by atoms with E-state index in [0.717, 1.165) is 49.6 Å². The molecule has 0 saturated carbocycles. The highest BCUT2D eigenvalue weighted by Crippen LogP contribution is 2.31. The van der Waals surface area contributed by atoms with Crippen LogP contribution in [0.5, 0.6) is 0 Å². The maximum atomic E-state index is 11.6. The molecule has 0 radical (unpaired) electrons. The molecule has 120 valence electrons. The van der Waals surface area contributed by atoms with E-state index in [1.807, 2.05) is 12.1 Å². The third-order valence-electron chi connectivity index (χ3n) is 3.74. The van der Waals surface area contributed by atoms with Crippen molar-refractivity contribution in [2.24, 2.45) is 10.9 Å². The summed E-state index contributed by atoms with van der Waals surface area (Å²) in [5, 5.41) is 7.17. The number of fused-ring (bicyclic) bond motifs is 1. The number of unbranched alkanes of at least 4 members (excludes halogenated alkanes) is 3. The van der Waals surface area contributed by atoms with Crippen molar-refractivity contribution in [1.29, 1.82) is 0 Å². The largest absolute Gasteiger partial charge is 0.330 e. The second-order valence-electron chi connectivity index (χ2n) is 5.39. The number of halogens is 1. The third-order valence-corrected chi connectivity index (χ3v) is 5.16. The van der Waals surface area contributed by atoms with Gasteiger partial charge in [0.2, 0.25) is 10.0 Å². The number of nitrogens with two attached hydrogens (primary N) is 2. The Kier molecular flexibility index (Phi) is 5.81. The Morgan fingerprint density at radius 2 is 1.68 bits per heavy atom. The fourth-order valence-corrected chi connectivity index (χ4v) is 3.67. The summed E-state index contributed by atoms with van der Waals surface area (Å²) in [4.78, 5) is 0.112. The van der Waals surface area contributed by atoms with E-state index in [4.69, 9.17) is 22.5 Å². The zero-order chi connectivity index (χ0) is 16.2. The molecule has 0 aliphatic carbocycles. The van der Waals surface area contributed by atoms with Crippen LogP contribution in [0.3, 0.4) is 0 Å². The summed E-state index contributed by atoms with van der Waals surface area (Å²) in [5.41, 5.74) is 6.51. The minimum atomic E-state index is -3.76. The van der Waals surface area contributed by atoms with Crippen molar-refractivity contribution >= 4 is 32.4 Å². The van der Waals surface area contributed by atoms with Gasteiger partial charge in [0.05, 0.1) is 9.92 Å². The number of rotatable bonds is 7. The summed E-state index contributed by atoms with van der Waals surface area (Å²) >= 11 is 6.45. The van der Waals surface area contributed by atoms with Gasteiger partial charge in [-0.25, -0.2) is 13.6 Å². The molecule has 0 bridgehead atoms. The van der Waals surface area contributed by atoms with E-state index >= 15 is 0 Å². The zero-order valence-corrected chi connectivity index (χ0v) is 14.0. The fourth-order valence-electron chi connectivity index (χ4n) is 2.59. The van der Waals surface area contributed by atoms with Crippen LogP contribution in [-0.2, 0) is 16.4 Å². The van der Waals surface area contributed by atoms with Gasteiger partial charge < -0.3 is 5.73 Å². The number of hydrogen-bond donors (Lipinski definition) is 2. The fraction of sp³-hybridized carbons (Fsp3) is 0.375. The van der Waals surface area contributed by atoms with Crippen LogP contribution in [0.4, 0.5) is 0 Å². The highest BCUT2D eigenvalue weighted by Gasteiger charge is 2.14. The van der Waals surface area contributed by atoms with Crippen LogP contribution in [0.15, 0.2) is 35.2 Å². The Labute approximate surface area is 136 Å². The van der Waals surface area contributed by atoms with Gasteiger partial charge in [0, 0.05) is 10.8 Å². The summed E-state index contributed by atoms with van der Waals surface area (Å²) in [6, 6.07) is 8.67. The Hall–Kier alpha value is -1.14. The number of hydrogen-bond acceptors (Lipinski definition) is 3. The molecule has 0 aliphatic heterocycles. The molecule has 0 saturated heterocycles. The van der Waals surface area contributed by atoms with Gasteiger partial charge in [-0.1, -0.05) is 48.7 Å². The second kappa shape index (κ2) is 7.42.